The zero-order valence-electron chi connectivity index (χ0n) is 12.4. The van der Waals surface area contributed by atoms with Crippen molar-refractivity contribution < 1.29 is 22.3 Å². The molecule has 1 N–H and O–H groups in total. The predicted molar refractivity (Wildman–Crippen MR) is 81.5 cm³/mol. The van der Waals surface area contributed by atoms with Crippen molar-refractivity contribution in [3.05, 3.63) is 47.8 Å². The lowest BCUT2D eigenvalue weighted by atomic mass is 10.2. The van der Waals surface area contributed by atoms with E-state index < -0.39 is 15.8 Å². The van der Waals surface area contributed by atoms with Gasteiger partial charge in [0.1, 0.15) is 10.6 Å². The minimum Gasteiger partial charge on any atom is -0.495 e. The Morgan fingerprint density at radius 2 is 1.64 bits per heavy atom. The van der Waals surface area contributed by atoms with E-state index in [2.05, 4.69) is 4.72 Å². The molecule has 0 spiro atoms. The fraction of sp³-hybridized carbons (Fsp3) is 0.200. The third kappa shape index (κ3) is 3.30. The second-order valence-corrected chi connectivity index (χ2v) is 6.26. The highest BCUT2D eigenvalue weighted by molar-refractivity contribution is 7.92. The van der Waals surface area contributed by atoms with Crippen LogP contribution in [0.2, 0.25) is 0 Å². The molecule has 2 aromatic carbocycles. The second kappa shape index (κ2) is 6.23. The molecular formula is C15H16FNO4S. The van der Waals surface area contributed by atoms with Gasteiger partial charge in [-0.15, -0.1) is 0 Å². The van der Waals surface area contributed by atoms with Gasteiger partial charge in [0.2, 0.25) is 0 Å². The van der Waals surface area contributed by atoms with Gasteiger partial charge in [-0.2, -0.15) is 0 Å². The van der Waals surface area contributed by atoms with Crippen LogP contribution in [0.1, 0.15) is 5.56 Å². The van der Waals surface area contributed by atoms with Crippen molar-refractivity contribution >= 4 is 15.7 Å². The van der Waals surface area contributed by atoms with Crippen molar-refractivity contribution in [3.8, 4) is 11.5 Å². The van der Waals surface area contributed by atoms with Gasteiger partial charge in [0, 0.05) is 6.07 Å². The summed E-state index contributed by atoms with van der Waals surface area (Å²) in [6.45, 7) is 1.77. The Balaban J connectivity index is 2.40. The van der Waals surface area contributed by atoms with Gasteiger partial charge in [-0.3, -0.25) is 4.72 Å². The normalized spacial score (nSPS) is 11.1. The number of aryl methyl sites for hydroxylation is 1. The number of ether oxygens (including phenoxy) is 2. The molecule has 0 fully saturated rings. The van der Waals surface area contributed by atoms with E-state index >= 15 is 0 Å². The average molecular weight is 325 g/mol. The molecule has 0 radical (unpaired) electrons. The van der Waals surface area contributed by atoms with Gasteiger partial charge < -0.3 is 9.47 Å². The van der Waals surface area contributed by atoms with Crippen LogP contribution in [0.15, 0.2) is 41.3 Å². The summed E-state index contributed by atoms with van der Waals surface area (Å²) >= 11 is 0. The standard InChI is InChI=1S/C15H16FNO4S/c1-10-4-6-14(21-3)15(8-10)22(18,19)17-11-5-7-13(20-2)12(16)9-11/h4-9,17H,1-3H3. The molecule has 0 saturated heterocycles. The van der Waals surface area contributed by atoms with Gasteiger partial charge in [-0.25, -0.2) is 12.8 Å². The van der Waals surface area contributed by atoms with E-state index in [-0.39, 0.29) is 22.1 Å². The second-order valence-electron chi connectivity index (χ2n) is 4.61. The number of methoxy groups -OCH3 is 2. The van der Waals surface area contributed by atoms with Gasteiger partial charge in [0.05, 0.1) is 19.9 Å². The molecule has 0 unspecified atom stereocenters. The van der Waals surface area contributed by atoms with E-state index in [0.717, 1.165) is 11.6 Å². The summed E-state index contributed by atoms with van der Waals surface area (Å²) in [5, 5.41) is 0. The molecular weight excluding hydrogens is 309 g/mol. The molecule has 0 aliphatic carbocycles. The van der Waals surface area contributed by atoms with Crippen molar-refractivity contribution in [2.45, 2.75) is 11.8 Å². The molecule has 0 saturated carbocycles. The number of halogens is 1. The zero-order chi connectivity index (χ0) is 16.3. The van der Waals surface area contributed by atoms with E-state index in [1.165, 1.54) is 32.4 Å². The van der Waals surface area contributed by atoms with Gasteiger partial charge in [-0.1, -0.05) is 6.07 Å². The quantitative estimate of drug-likeness (QED) is 0.918. The first-order chi connectivity index (χ1) is 10.4. The molecule has 0 aromatic heterocycles. The lowest BCUT2D eigenvalue weighted by Crippen LogP contribution is -2.14. The Labute approximate surface area is 128 Å². The van der Waals surface area contributed by atoms with E-state index in [1.54, 1.807) is 19.1 Å². The van der Waals surface area contributed by atoms with Crippen LogP contribution < -0.4 is 14.2 Å². The van der Waals surface area contributed by atoms with Crippen LogP contribution in [-0.2, 0) is 10.0 Å². The van der Waals surface area contributed by atoms with Crippen LogP contribution in [0.3, 0.4) is 0 Å². The summed E-state index contributed by atoms with van der Waals surface area (Å²) < 4.78 is 50.8. The monoisotopic (exact) mass is 325 g/mol. The summed E-state index contributed by atoms with van der Waals surface area (Å²) in [5.41, 5.74) is 0.865. The van der Waals surface area contributed by atoms with E-state index in [1.807, 2.05) is 0 Å². The van der Waals surface area contributed by atoms with Crippen LogP contribution in [0.4, 0.5) is 10.1 Å². The first-order valence-corrected chi connectivity index (χ1v) is 7.86. The minimum atomic E-state index is -3.90. The molecule has 0 bridgehead atoms. The molecule has 22 heavy (non-hydrogen) atoms. The SMILES string of the molecule is COc1ccc(NS(=O)(=O)c2cc(C)ccc2OC)cc1F. The maximum absolute atomic E-state index is 13.7. The maximum Gasteiger partial charge on any atom is 0.265 e. The molecule has 0 heterocycles. The third-order valence-corrected chi connectivity index (χ3v) is 4.42. The highest BCUT2D eigenvalue weighted by Crippen LogP contribution is 2.28. The number of sulfonamides is 1. The molecule has 2 aromatic rings. The molecule has 118 valence electrons. The average Bonchev–Trinajstić information content (AvgIpc) is 2.47. The Morgan fingerprint density at radius 3 is 2.23 bits per heavy atom. The van der Waals surface area contributed by atoms with Crippen molar-refractivity contribution in [1.82, 2.24) is 0 Å². The van der Waals surface area contributed by atoms with Crippen LogP contribution in [0.25, 0.3) is 0 Å². The first-order valence-electron chi connectivity index (χ1n) is 6.38. The molecule has 0 amide bonds. The number of hydrogen-bond donors (Lipinski definition) is 1. The van der Waals surface area contributed by atoms with Crippen LogP contribution >= 0.6 is 0 Å². The molecule has 0 aliphatic rings. The zero-order valence-corrected chi connectivity index (χ0v) is 13.2. The topological polar surface area (TPSA) is 64.6 Å². The van der Waals surface area contributed by atoms with Crippen LogP contribution in [-0.4, -0.2) is 22.6 Å². The number of benzene rings is 2. The fourth-order valence-corrected chi connectivity index (χ4v) is 3.24. The summed E-state index contributed by atoms with van der Waals surface area (Å²) in [7, 11) is -1.18. The maximum atomic E-state index is 13.7. The predicted octanol–water partition coefficient (Wildman–Crippen LogP) is 2.95. The fourth-order valence-electron chi connectivity index (χ4n) is 1.93. The van der Waals surface area contributed by atoms with Crippen LogP contribution in [0, 0.1) is 12.7 Å². The molecule has 2 rings (SSSR count). The highest BCUT2D eigenvalue weighted by Gasteiger charge is 2.20. The summed E-state index contributed by atoms with van der Waals surface area (Å²) in [5.74, 6) is -0.401. The number of rotatable bonds is 5. The Bertz CT molecular complexity index is 790. The van der Waals surface area contributed by atoms with Gasteiger partial charge in [-0.05, 0) is 36.8 Å². The Hall–Kier alpha value is -2.28. The van der Waals surface area contributed by atoms with Crippen molar-refractivity contribution in [2.24, 2.45) is 0 Å². The molecule has 7 heteroatoms. The lowest BCUT2D eigenvalue weighted by molar-refractivity contribution is 0.386. The van der Waals surface area contributed by atoms with Crippen LogP contribution in [0.5, 0.6) is 11.5 Å². The van der Waals surface area contributed by atoms with E-state index in [0.29, 0.717) is 0 Å². The Morgan fingerprint density at radius 1 is 1.00 bits per heavy atom. The van der Waals surface area contributed by atoms with E-state index in [4.69, 9.17) is 9.47 Å². The molecule has 5 nitrogen and oxygen atoms in total. The van der Waals surface area contributed by atoms with Crippen molar-refractivity contribution in [1.29, 1.82) is 0 Å². The largest absolute Gasteiger partial charge is 0.495 e. The molecule has 0 atom stereocenters. The number of nitrogens with one attached hydrogen (secondary N) is 1. The summed E-state index contributed by atoms with van der Waals surface area (Å²) in [4.78, 5) is -0.00812. The van der Waals surface area contributed by atoms with Gasteiger partial charge in [0.15, 0.2) is 11.6 Å². The lowest BCUT2D eigenvalue weighted by Gasteiger charge is -2.13. The highest BCUT2D eigenvalue weighted by atomic mass is 32.2. The first kappa shape index (κ1) is 16.1. The Kier molecular flexibility index (Phi) is 4.56. The smallest absolute Gasteiger partial charge is 0.265 e. The van der Waals surface area contributed by atoms with E-state index in [9.17, 15) is 12.8 Å². The minimum absolute atomic E-state index is 0.00812. The van der Waals surface area contributed by atoms with Crippen molar-refractivity contribution in [3.63, 3.8) is 0 Å². The van der Waals surface area contributed by atoms with Gasteiger partial charge >= 0.3 is 0 Å². The molecule has 0 aliphatic heterocycles. The summed E-state index contributed by atoms with van der Waals surface area (Å²) in [6.07, 6.45) is 0. The third-order valence-electron chi connectivity index (χ3n) is 3.01. The van der Waals surface area contributed by atoms with Gasteiger partial charge in [0.25, 0.3) is 10.0 Å². The summed E-state index contributed by atoms with van der Waals surface area (Å²) in [6, 6.07) is 8.62. The number of hydrogen-bond acceptors (Lipinski definition) is 4. The number of anilines is 1. The van der Waals surface area contributed by atoms with Crippen molar-refractivity contribution in [2.75, 3.05) is 18.9 Å².